The van der Waals surface area contributed by atoms with Crippen LogP contribution in [0.3, 0.4) is 0 Å². The summed E-state index contributed by atoms with van der Waals surface area (Å²) >= 11 is 0. The first-order valence-corrected chi connectivity index (χ1v) is 5.64. The number of aliphatic carboxylic acids is 1. The van der Waals surface area contributed by atoms with E-state index in [1.807, 2.05) is 0 Å². The molecule has 1 aromatic heterocycles. The number of nitrogens with one attached hydrogen (secondary N) is 1. The van der Waals surface area contributed by atoms with Gasteiger partial charge in [0.25, 0.3) is 5.91 Å². The number of hydrogen-bond donors (Lipinski definition) is 3. The molecule has 0 saturated heterocycles. The van der Waals surface area contributed by atoms with Crippen molar-refractivity contribution in [3.8, 4) is 0 Å². The Morgan fingerprint density at radius 1 is 1.56 bits per heavy atom. The van der Waals surface area contributed by atoms with Crippen molar-refractivity contribution in [3.05, 3.63) is 11.3 Å². The topological polar surface area (TPSA) is 110 Å². The van der Waals surface area contributed by atoms with Gasteiger partial charge in [-0.15, -0.1) is 0 Å². The second-order valence-electron chi connectivity index (χ2n) is 4.25. The third-order valence-corrected chi connectivity index (χ3v) is 2.76. The van der Waals surface area contributed by atoms with Gasteiger partial charge >= 0.3 is 5.97 Å². The summed E-state index contributed by atoms with van der Waals surface area (Å²) in [5.41, 5.74) is 6.18. The van der Waals surface area contributed by atoms with Crippen LogP contribution in [0.2, 0.25) is 0 Å². The van der Waals surface area contributed by atoms with E-state index in [1.165, 1.54) is 4.68 Å². The number of aryl methyl sites for hydroxylation is 2. The molecule has 0 spiro atoms. The van der Waals surface area contributed by atoms with Crippen LogP contribution in [-0.4, -0.2) is 33.3 Å². The molecule has 7 heteroatoms. The van der Waals surface area contributed by atoms with E-state index in [4.69, 9.17) is 10.8 Å². The highest BCUT2D eigenvalue weighted by atomic mass is 16.4. The lowest BCUT2D eigenvalue weighted by Crippen LogP contribution is -2.18. The van der Waals surface area contributed by atoms with Crippen LogP contribution in [0.15, 0.2) is 0 Å². The summed E-state index contributed by atoms with van der Waals surface area (Å²) in [6.07, 6.45) is 0.456. The summed E-state index contributed by atoms with van der Waals surface area (Å²) in [5.74, 6) is -1.30. The van der Waals surface area contributed by atoms with Crippen LogP contribution in [0, 0.1) is 12.8 Å². The van der Waals surface area contributed by atoms with Gasteiger partial charge in [-0.25, -0.2) is 0 Å². The molecular weight excluding hydrogens is 236 g/mol. The second kappa shape index (κ2) is 5.52. The van der Waals surface area contributed by atoms with Gasteiger partial charge in [-0.2, -0.15) is 5.10 Å². The second-order valence-corrected chi connectivity index (χ2v) is 4.25. The average Bonchev–Trinajstić information content (AvgIpc) is 2.53. The Bertz CT molecular complexity index is 467. The first kappa shape index (κ1) is 14.0. The SMILES string of the molecule is Cc1nn(C)c(NCCC(C)C(=O)O)c1C(N)=O. The number of carbonyl (C=O) groups is 2. The molecule has 1 heterocycles. The van der Waals surface area contributed by atoms with E-state index < -0.39 is 17.8 Å². The molecule has 0 radical (unpaired) electrons. The molecule has 0 saturated carbocycles. The van der Waals surface area contributed by atoms with Crippen LogP contribution in [0.25, 0.3) is 0 Å². The van der Waals surface area contributed by atoms with E-state index in [1.54, 1.807) is 20.9 Å². The van der Waals surface area contributed by atoms with Crippen LogP contribution < -0.4 is 11.1 Å². The van der Waals surface area contributed by atoms with Crippen LogP contribution >= 0.6 is 0 Å². The molecule has 18 heavy (non-hydrogen) atoms. The van der Waals surface area contributed by atoms with Gasteiger partial charge in [0.1, 0.15) is 11.4 Å². The zero-order valence-electron chi connectivity index (χ0n) is 10.7. The number of carbonyl (C=O) groups excluding carboxylic acids is 1. The molecule has 0 aliphatic heterocycles. The Kier molecular flexibility index (Phi) is 4.30. The summed E-state index contributed by atoms with van der Waals surface area (Å²) in [6.45, 7) is 3.77. The van der Waals surface area contributed by atoms with Crippen LogP contribution in [0.5, 0.6) is 0 Å². The van der Waals surface area contributed by atoms with Gasteiger partial charge in [-0.1, -0.05) is 6.92 Å². The summed E-state index contributed by atoms with van der Waals surface area (Å²) in [6, 6.07) is 0. The van der Waals surface area contributed by atoms with Crippen LogP contribution in [0.1, 0.15) is 29.4 Å². The first-order chi connectivity index (χ1) is 8.34. The monoisotopic (exact) mass is 254 g/mol. The molecular formula is C11H18N4O3. The zero-order valence-corrected chi connectivity index (χ0v) is 10.7. The molecule has 7 nitrogen and oxygen atoms in total. The van der Waals surface area contributed by atoms with Crippen molar-refractivity contribution in [1.82, 2.24) is 9.78 Å². The average molecular weight is 254 g/mol. The van der Waals surface area contributed by atoms with Crippen molar-refractivity contribution in [1.29, 1.82) is 0 Å². The van der Waals surface area contributed by atoms with Crippen molar-refractivity contribution in [2.75, 3.05) is 11.9 Å². The third-order valence-electron chi connectivity index (χ3n) is 2.76. The zero-order chi connectivity index (χ0) is 13.9. The molecule has 0 aromatic carbocycles. The van der Waals surface area contributed by atoms with E-state index >= 15 is 0 Å². The van der Waals surface area contributed by atoms with E-state index in [0.717, 1.165) is 0 Å². The molecule has 0 fully saturated rings. The minimum Gasteiger partial charge on any atom is -0.481 e. The number of rotatable bonds is 6. The molecule has 1 amide bonds. The summed E-state index contributed by atoms with van der Waals surface area (Å²) in [7, 11) is 1.70. The first-order valence-electron chi connectivity index (χ1n) is 5.64. The number of nitrogens with two attached hydrogens (primary N) is 1. The minimum atomic E-state index is -0.840. The van der Waals surface area contributed by atoms with Gasteiger partial charge in [0.2, 0.25) is 0 Å². The lowest BCUT2D eigenvalue weighted by Gasteiger charge is -2.10. The third kappa shape index (κ3) is 2.99. The molecule has 4 N–H and O–H groups in total. The Hall–Kier alpha value is -2.05. The number of anilines is 1. The van der Waals surface area contributed by atoms with Crippen LogP contribution in [0.4, 0.5) is 5.82 Å². The predicted molar refractivity (Wildman–Crippen MR) is 66.4 cm³/mol. The maximum atomic E-state index is 11.3. The summed E-state index contributed by atoms with van der Waals surface area (Å²) in [5, 5.41) is 15.9. The fourth-order valence-corrected chi connectivity index (χ4v) is 1.69. The molecule has 0 aliphatic carbocycles. The summed E-state index contributed by atoms with van der Waals surface area (Å²) < 4.78 is 1.53. The molecule has 1 atom stereocenters. The lowest BCUT2D eigenvalue weighted by atomic mass is 10.1. The Labute approximate surface area is 105 Å². The van der Waals surface area contributed by atoms with Crippen molar-refractivity contribution in [3.63, 3.8) is 0 Å². The van der Waals surface area contributed by atoms with Crippen LogP contribution in [-0.2, 0) is 11.8 Å². The number of nitrogens with zero attached hydrogens (tertiary/aromatic N) is 2. The Morgan fingerprint density at radius 2 is 2.17 bits per heavy atom. The maximum Gasteiger partial charge on any atom is 0.306 e. The number of amides is 1. The largest absolute Gasteiger partial charge is 0.481 e. The normalized spacial score (nSPS) is 12.2. The van der Waals surface area contributed by atoms with Crippen molar-refractivity contribution >= 4 is 17.7 Å². The van der Waals surface area contributed by atoms with Gasteiger partial charge in [0.15, 0.2) is 0 Å². The molecule has 1 unspecified atom stereocenters. The number of primary amides is 1. The molecule has 100 valence electrons. The van der Waals surface area contributed by atoms with E-state index in [2.05, 4.69) is 10.4 Å². The quantitative estimate of drug-likeness (QED) is 0.678. The number of carboxylic acids is 1. The fraction of sp³-hybridized carbons (Fsp3) is 0.545. The predicted octanol–water partition coefficient (Wildman–Crippen LogP) is 0.350. The fourth-order valence-electron chi connectivity index (χ4n) is 1.69. The lowest BCUT2D eigenvalue weighted by molar-refractivity contribution is -0.141. The standard InChI is InChI=1S/C11H18N4O3/c1-6(11(17)18)4-5-13-10-8(9(12)16)7(2)14-15(10)3/h6,13H,4-5H2,1-3H3,(H2,12,16)(H,17,18). The van der Waals surface area contributed by atoms with Gasteiger partial charge in [-0.3, -0.25) is 14.3 Å². The number of aromatic nitrogens is 2. The van der Waals surface area contributed by atoms with Gasteiger partial charge in [0.05, 0.1) is 11.6 Å². The van der Waals surface area contributed by atoms with Gasteiger partial charge in [-0.05, 0) is 13.3 Å². The highest BCUT2D eigenvalue weighted by Crippen LogP contribution is 2.18. The highest BCUT2D eigenvalue weighted by molar-refractivity contribution is 5.98. The maximum absolute atomic E-state index is 11.3. The van der Waals surface area contributed by atoms with Crippen molar-refractivity contribution in [2.45, 2.75) is 20.3 Å². The minimum absolute atomic E-state index is 0.348. The smallest absolute Gasteiger partial charge is 0.306 e. The molecule has 0 bridgehead atoms. The Balaban J connectivity index is 2.73. The van der Waals surface area contributed by atoms with E-state index in [9.17, 15) is 9.59 Å². The number of hydrogen-bond acceptors (Lipinski definition) is 4. The number of carboxylic acid groups (broad SMARTS) is 1. The van der Waals surface area contributed by atoms with Gasteiger partial charge in [0, 0.05) is 13.6 Å². The molecule has 0 aliphatic rings. The van der Waals surface area contributed by atoms with Crippen molar-refractivity contribution in [2.24, 2.45) is 18.7 Å². The van der Waals surface area contributed by atoms with Crippen molar-refractivity contribution < 1.29 is 14.7 Å². The highest BCUT2D eigenvalue weighted by Gasteiger charge is 2.18. The molecule has 1 aromatic rings. The molecule has 1 rings (SSSR count). The van der Waals surface area contributed by atoms with E-state index in [-0.39, 0.29) is 0 Å². The van der Waals surface area contributed by atoms with E-state index in [0.29, 0.717) is 30.0 Å². The Morgan fingerprint density at radius 3 is 2.67 bits per heavy atom. The summed E-state index contributed by atoms with van der Waals surface area (Å²) in [4.78, 5) is 22.0. The van der Waals surface area contributed by atoms with Gasteiger partial charge < -0.3 is 16.2 Å².